The summed E-state index contributed by atoms with van der Waals surface area (Å²) in [5.74, 6) is -0.785. The van der Waals surface area contributed by atoms with E-state index in [4.69, 9.17) is 17.3 Å². The lowest BCUT2D eigenvalue weighted by Crippen LogP contribution is -2.42. The summed E-state index contributed by atoms with van der Waals surface area (Å²) in [6.07, 6.45) is 1.55. The molecule has 0 aromatic heterocycles. The third kappa shape index (κ3) is 3.13. The Balaban J connectivity index is 0.00000162. The van der Waals surface area contributed by atoms with Crippen LogP contribution >= 0.6 is 24.0 Å². The first-order valence-corrected chi connectivity index (χ1v) is 5.96. The quantitative estimate of drug-likeness (QED) is 0.864. The number of hydrogen-bond donors (Lipinski definition) is 1. The number of piperidine rings is 1. The highest BCUT2D eigenvalue weighted by atomic mass is 35.5. The number of benzene rings is 1. The molecule has 1 saturated heterocycles. The molecule has 1 aromatic carbocycles. The van der Waals surface area contributed by atoms with E-state index in [0.717, 1.165) is 12.8 Å². The molecule has 0 saturated carbocycles. The number of nitrogens with zero attached hydrogens (tertiary/aromatic N) is 1. The zero-order valence-electron chi connectivity index (χ0n) is 9.73. The lowest BCUT2D eigenvalue weighted by molar-refractivity contribution is 0.0714. The van der Waals surface area contributed by atoms with Crippen LogP contribution in [0.2, 0.25) is 5.02 Å². The first kappa shape index (κ1) is 15.2. The second kappa shape index (κ2) is 6.36. The molecule has 1 aromatic rings. The van der Waals surface area contributed by atoms with Gasteiger partial charge in [0, 0.05) is 19.1 Å². The molecule has 1 aliphatic rings. The summed E-state index contributed by atoms with van der Waals surface area (Å²) in [5.41, 5.74) is 5.99. The Labute approximate surface area is 116 Å². The van der Waals surface area contributed by atoms with Gasteiger partial charge in [-0.3, -0.25) is 4.79 Å². The lowest BCUT2D eigenvalue weighted by atomic mass is 10.0. The van der Waals surface area contributed by atoms with Crippen LogP contribution in [0.1, 0.15) is 23.2 Å². The third-order valence-electron chi connectivity index (χ3n) is 3.01. The molecule has 1 aliphatic heterocycles. The van der Waals surface area contributed by atoms with Crippen LogP contribution in [0.3, 0.4) is 0 Å². The Hall–Kier alpha value is -0.840. The number of carbonyl (C=O) groups is 1. The molecule has 100 valence electrons. The van der Waals surface area contributed by atoms with Crippen molar-refractivity contribution in [3.63, 3.8) is 0 Å². The Morgan fingerprint density at radius 3 is 2.61 bits per heavy atom. The maximum atomic E-state index is 13.2. The second-order valence-corrected chi connectivity index (χ2v) is 4.61. The van der Waals surface area contributed by atoms with E-state index in [-0.39, 0.29) is 34.9 Å². The van der Waals surface area contributed by atoms with Crippen molar-refractivity contribution >= 4 is 29.9 Å². The minimum absolute atomic E-state index is 0. The molecule has 0 spiro atoms. The van der Waals surface area contributed by atoms with Crippen LogP contribution in [0, 0.1) is 5.82 Å². The molecular weight excluding hydrogens is 278 g/mol. The van der Waals surface area contributed by atoms with E-state index in [1.54, 1.807) is 11.0 Å². The molecule has 2 rings (SSSR count). The van der Waals surface area contributed by atoms with Crippen LogP contribution in [0.15, 0.2) is 18.2 Å². The minimum Gasteiger partial charge on any atom is -0.338 e. The van der Waals surface area contributed by atoms with Gasteiger partial charge in [-0.1, -0.05) is 17.7 Å². The predicted octanol–water partition coefficient (Wildman–Crippen LogP) is 2.46. The first-order valence-electron chi connectivity index (χ1n) is 5.58. The molecule has 3 nitrogen and oxygen atoms in total. The Bertz CT molecular complexity index is 434. The zero-order chi connectivity index (χ0) is 12.4. The number of hydrogen-bond acceptors (Lipinski definition) is 2. The molecule has 6 heteroatoms. The van der Waals surface area contributed by atoms with Crippen molar-refractivity contribution in [3.8, 4) is 0 Å². The Kier molecular flexibility index (Phi) is 5.38. The van der Waals surface area contributed by atoms with Crippen molar-refractivity contribution in [2.45, 2.75) is 18.9 Å². The van der Waals surface area contributed by atoms with E-state index >= 15 is 0 Å². The number of amides is 1. The standard InChI is InChI=1S/C12H14ClFN2O.ClH/c13-11-9(2-1-3-10(11)14)12(17)16-6-4-8(15)5-7-16;/h1-3,8H,4-7,15H2;1H. The van der Waals surface area contributed by atoms with E-state index in [1.807, 2.05) is 0 Å². The van der Waals surface area contributed by atoms with Gasteiger partial charge < -0.3 is 10.6 Å². The van der Waals surface area contributed by atoms with Gasteiger partial charge in [0.25, 0.3) is 5.91 Å². The van der Waals surface area contributed by atoms with Crippen molar-refractivity contribution in [1.82, 2.24) is 4.90 Å². The molecular formula is C12H15Cl2FN2O. The number of rotatable bonds is 1. The van der Waals surface area contributed by atoms with Gasteiger partial charge in [-0.05, 0) is 25.0 Å². The normalized spacial score (nSPS) is 16.3. The fourth-order valence-electron chi connectivity index (χ4n) is 1.94. The monoisotopic (exact) mass is 292 g/mol. The van der Waals surface area contributed by atoms with Crippen molar-refractivity contribution in [2.24, 2.45) is 5.73 Å². The van der Waals surface area contributed by atoms with Gasteiger partial charge in [0.1, 0.15) is 5.82 Å². The molecule has 2 N–H and O–H groups in total. The number of halogens is 3. The van der Waals surface area contributed by atoms with Crippen molar-refractivity contribution in [1.29, 1.82) is 0 Å². The molecule has 0 aliphatic carbocycles. The van der Waals surface area contributed by atoms with E-state index < -0.39 is 5.82 Å². The summed E-state index contributed by atoms with van der Waals surface area (Å²) in [6, 6.07) is 4.43. The van der Waals surface area contributed by atoms with Crippen LogP contribution < -0.4 is 5.73 Å². The summed E-state index contributed by atoms with van der Waals surface area (Å²) < 4.78 is 13.2. The second-order valence-electron chi connectivity index (χ2n) is 4.23. The van der Waals surface area contributed by atoms with Crippen LogP contribution in [0.25, 0.3) is 0 Å². The Morgan fingerprint density at radius 2 is 2.00 bits per heavy atom. The fourth-order valence-corrected chi connectivity index (χ4v) is 2.15. The average Bonchev–Trinajstić information content (AvgIpc) is 2.33. The molecule has 18 heavy (non-hydrogen) atoms. The molecule has 1 heterocycles. The Morgan fingerprint density at radius 1 is 1.39 bits per heavy atom. The van der Waals surface area contributed by atoms with E-state index in [9.17, 15) is 9.18 Å². The van der Waals surface area contributed by atoms with Crippen molar-refractivity contribution < 1.29 is 9.18 Å². The van der Waals surface area contributed by atoms with Gasteiger partial charge >= 0.3 is 0 Å². The number of nitrogens with two attached hydrogens (primary N) is 1. The highest BCUT2D eigenvalue weighted by Crippen LogP contribution is 2.22. The third-order valence-corrected chi connectivity index (χ3v) is 3.39. The largest absolute Gasteiger partial charge is 0.338 e. The van der Waals surface area contributed by atoms with Crippen LogP contribution in [0.5, 0.6) is 0 Å². The zero-order valence-corrected chi connectivity index (χ0v) is 11.3. The van der Waals surface area contributed by atoms with E-state index in [0.29, 0.717) is 13.1 Å². The molecule has 0 bridgehead atoms. The highest BCUT2D eigenvalue weighted by molar-refractivity contribution is 6.34. The van der Waals surface area contributed by atoms with Crippen LogP contribution in [-0.4, -0.2) is 29.9 Å². The maximum absolute atomic E-state index is 13.2. The SMILES string of the molecule is Cl.NC1CCN(C(=O)c2cccc(F)c2Cl)CC1. The van der Waals surface area contributed by atoms with Crippen molar-refractivity contribution in [2.75, 3.05) is 13.1 Å². The van der Waals surface area contributed by atoms with Gasteiger partial charge in [-0.2, -0.15) is 0 Å². The summed E-state index contributed by atoms with van der Waals surface area (Å²) >= 11 is 5.79. The van der Waals surface area contributed by atoms with Gasteiger partial charge in [-0.25, -0.2) is 4.39 Å². The highest BCUT2D eigenvalue weighted by Gasteiger charge is 2.23. The molecule has 0 radical (unpaired) electrons. The smallest absolute Gasteiger partial charge is 0.255 e. The summed E-state index contributed by atoms with van der Waals surface area (Å²) in [4.78, 5) is 13.8. The minimum atomic E-state index is -0.564. The average molecular weight is 293 g/mol. The topological polar surface area (TPSA) is 46.3 Å². The molecule has 1 amide bonds. The van der Waals surface area contributed by atoms with Crippen molar-refractivity contribution in [3.05, 3.63) is 34.6 Å². The summed E-state index contributed by atoms with van der Waals surface area (Å²) in [6.45, 7) is 1.21. The fraction of sp³-hybridized carbons (Fsp3) is 0.417. The lowest BCUT2D eigenvalue weighted by Gasteiger charge is -2.30. The van der Waals surface area contributed by atoms with Gasteiger partial charge in [0.2, 0.25) is 0 Å². The van der Waals surface area contributed by atoms with E-state index in [1.165, 1.54) is 12.1 Å². The molecule has 1 fully saturated rings. The first-order chi connectivity index (χ1) is 8.09. The van der Waals surface area contributed by atoms with Gasteiger partial charge in [0.05, 0.1) is 10.6 Å². The van der Waals surface area contributed by atoms with E-state index in [2.05, 4.69) is 0 Å². The summed E-state index contributed by atoms with van der Waals surface area (Å²) in [7, 11) is 0. The maximum Gasteiger partial charge on any atom is 0.255 e. The number of likely N-dealkylation sites (tertiary alicyclic amines) is 1. The van der Waals surface area contributed by atoms with Gasteiger partial charge in [0.15, 0.2) is 0 Å². The van der Waals surface area contributed by atoms with Crippen LogP contribution in [-0.2, 0) is 0 Å². The molecule has 0 unspecified atom stereocenters. The van der Waals surface area contributed by atoms with Crippen LogP contribution in [0.4, 0.5) is 4.39 Å². The predicted molar refractivity (Wildman–Crippen MR) is 71.8 cm³/mol. The molecule has 0 atom stereocenters. The van der Waals surface area contributed by atoms with Gasteiger partial charge in [-0.15, -0.1) is 12.4 Å². The summed E-state index contributed by atoms with van der Waals surface area (Å²) in [5, 5.41) is -0.104. The number of carbonyl (C=O) groups excluding carboxylic acids is 1.